The molecule has 3 aliphatic heterocycles. The quantitative estimate of drug-likeness (QED) is 0.851. The van der Waals surface area contributed by atoms with Crippen LogP contribution in [0, 0.1) is 0 Å². The van der Waals surface area contributed by atoms with Crippen molar-refractivity contribution in [2.75, 3.05) is 61.2 Å². The van der Waals surface area contributed by atoms with Gasteiger partial charge >= 0.3 is 6.03 Å². The van der Waals surface area contributed by atoms with Gasteiger partial charge in [-0.3, -0.25) is 0 Å². The van der Waals surface area contributed by atoms with E-state index in [1.165, 1.54) is 12.8 Å². The summed E-state index contributed by atoms with van der Waals surface area (Å²) in [6.07, 6.45) is 4.08. The molecule has 1 aromatic heterocycles. The highest BCUT2D eigenvalue weighted by molar-refractivity contribution is 5.90. The van der Waals surface area contributed by atoms with Gasteiger partial charge in [-0.1, -0.05) is 0 Å². The van der Waals surface area contributed by atoms with Gasteiger partial charge in [-0.05, 0) is 25.0 Å². The van der Waals surface area contributed by atoms with Crippen LogP contribution in [0.1, 0.15) is 12.8 Å². The molecule has 0 saturated carbocycles. The molecule has 2 saturated heterocycles. The van der Waals surface area contributed by atoms with Crippen molar-refractivity contribution in [3.05, 3.63) is 30.6 Å². The summed E-state index contributed by atoms with van der Waals surface area (Å²) in [5, 5.41) is 2.94. The summed E-state index contributed by atoms with van der Waals surface area (Å²) in [5.74, 6) is 3.29. The molecule has 2 fully saturated rings. The minimum Gasteiger partial charge on any atom is -0.454 e. The average molecular weight is 396 g/mol. The molecule has 0 atom stereocenters. The third-order valence-electron chi connectivity index (χ3n) is 5.58. The maximum absolute atomic E-state index is 12.6. The van der Waals surface area contributed by atoms with Crippen molar-refractivity contribution in [2.45, 2.75) is 12.8 Å². The number of hydrogen-bond acceptors (Lipinski definition) is 7. The topological polar surface area (TPSA) is 83.1 Å². The van der Waals surface area contributed by atoms with Crippen molar-refractivity contribution in [3.63, 3.8) is 0 Å². The molecule has 9 heteroatoms. The second-order valence-corrected chi connectivity index (χ2v) is 7.40. The Hall–Kier alpha value is -3.23. The molecule has 3 aliphatic rings. The van der Waals surface area contributed by atoms with E-state index in [2.05, 4.69) is 31.2 Å². The van der Waals surface area contributed by atoms with E-state index in [4.69, 9.17) is 9.47 Å². The van der Waals surface area contributed by atoms with Gasteiger partial charge in [0.05, 0.1) is 0 Å². The summed E-state index contributed by atoms with van der Waals surface area (Å²) in [7, 11) is 0. The summed E-state index contributed by atoms with van der Waals surface area (Å²) in [4.78, 5) is 27.8. The molecule has 9 nitrogen and oxygen atoms in total. The molecule has 29 heavy (non-hydrogen) atoms. The Bertz CT molecular complexity index is 894. The molecule has 152 valence electrons. The third kappa shape index (κ3) is 3.72. The summed E-state index contributed by atoms with van der Waals surface area (Å²) in [6, 6.07) is 7.38. The number of amides is 2. The number of nitrogens with one attached hydrogen (secondary N) is 1. The number of aromatic nitrogens is 2. The molecule has 0 bridgehead atoms. The Labute approximate surface area is 169 Å². The van der Waals surface area contributed by atoms with Crippen LogP contribution in [0.4, 0.5) is 22.1 Å². The van der Waals surface area contributed by atoms with E-state index in [0.29, 0.717) is 30.3 Å². The number of ether oxygens (including phenoxy) is 2. The standard InChI is InChI=1S/C20H24N6O3/c27-20(23-15-3-4-16-17(11-15)29-14-28-16)26-9-7-25(8-10-26)19-12-18(21-13-22-19)24-5-1-2-6-24/h3-4,11-13H,1-2,5-10,14H2,(H,23,27). The van der Waals surface area contributed by atoms with Crippen molar-refractivity contribution < 1.29 is 14.3 Å². The SMILES string of the molecule is O=C(Nc1ccc2c(c1)OCO2)N1CCN(c2cc(N3CCCC3)ncn2)CC1. The lowest BCUT2D eigenvalue weighted by molar-refractivity contribution is 0.174. The normalized spacial score (nSPS) is 18.3. The first kappa shape index (κ1) is 17.8. The molecule has 0 spiro atoms. The Kier molecular flexibility index (Phi) is 4.71. The van der Waals surface area contributed by atoms with Crippen molar-refractivity contribution in [2.24, 2.45) is 0 Å². The number of anilines is 3. The fraction of sp³-hybridized carbons (Fsp3) is 0.450. The monoisotopic (exact) mass is 396 g/mol. The maximum atomic E-state index is 12.6. The van der Waals surface area contributed by atoms with Crippen molar-refractivity contribution in [1.82, 2.24) is 14.9 Å². The van der Waals surface area contributed by atoms with E-state index in [-0.39, 0.29) is 12.8 Å². The average Bonchev–Trinajstić information content (AvgIpc) is 3.46. The van der Waals surface area contributed by atoms with E-state index < -0.39 is 0 Å². The number of piperazine rings is 1. The van der Waals surface area contributed by atoms with E-state index in [1.54, 1.807) is 12.4 Å². The predicted molar refractivity (Wildman–Crippen MR) is 109 cm³/mol. The van der Waals surface area contributed by atoms with Crippen LogP contribution in [0.2, 0.25) is 0 Å². The van der Waals surface area contributed by atoms with Gasteiger partial charge in [-0.2, -0.15) is 0 Å². The fourth-order valence-corrected chi connectivity index (χ4v) is 3.94. The Morgan fingerprint density at radius 3 is 2.31 bits per heavy atom. The van der Waals surface area contributed by atoms with Gasteiger partial charge in [0.25, 0.3) is 0 Å². The number of benzene rings is 1. The zero-order valence-electron chi connectivity index (χ0n) is 16.2. The van der Waals surface area contributed by atoms with Gasteiger partial charge in [0.1, 0.15) is 18.0 Å². The highest BCUT2D eigenvalue weighted by atomic mass is 16.7. The minimum absolute atomic E-state index is 0.107. The zero-order valence-corrected chi connectivity index (χ0v) is 16.2. The predicted octanol–water partition coefficient (Wildman–Crippen LogP) is 2.16. The number of carbonyl (C=O) groups excluding carboxylic acids is 1. The van der Waals surface area contributed by atoms with E-state index in [0.717, 1.165) is 37.8 Å². The molecule has 0 radical (unpaired) electrons. The minimum atomic E-state index is -0.107. The summed E-state index contributed by atoms with van der Waals surface area (Å²) in [6.45, 7) is 5.10. The van der Waals surface area contributed by atoms with Gasteiger partial charge in [-0.25, -0.2) is 14.8 Å². The summed E-state index contributed by atoms with van der Waals surface area (Å²) in [5.41, 5.74) is 0.702. The Balaban J connectivity index is 1.18. The van der Waals surface area contributed by atoms with Gasteiger partial charge in [0, 0.05) is 57.1 Å². The van der Waals surface area contributed by atoms with Gasteiger partial charge < -0.3 is 29.5 Å². The molecule has 4 heterocycles. The second kappa shape index (κ2) is 7.65. The Morgan fingerprint density at radius 2 is 1.55 bits per heavy atom. The van der Waals surface area contributed by atoms with Crippen LogP contribution >= 0.6 is 0 Å². The number of nitrogens with zero attached hydrogens (tertiary/aromatic N) is 5. The number of urea groups is 1. The van der Waals surface area contributed by atoms with Crippen LogP contribution in [0.5, 0.6) is 11.5 Å². The first-order valence-corrected chi connectivity index (χ1v) is 10.0. The first-order valence-electron chi connectivity index (χ1n) is 10.0. The molecule has 0 unspecified atom stereocenters. The van der Waals surface area contributed by atoms with Crippen molar-refractivity contribution >= 4 is 23.4 Å². The van der Waals surface area contributed by atoms with Gasteiger partial charge in [0.15, 0.2) is 11.5 Å². The summed E-state index contributed by atoms with van der Waals surface area (Å²) < 4.78 is 10.7. The molecule has 1 aromatic carbocycles. The molecule has 2 amide bonds. The van der Waals surface area contributed by atoms with Crippen LogP contribution in [-0.2, 0) is 0 Å². The van der Waals surface area contributed by atoms with E-state index in [1.807, 2.05) is 17.0 Å². The van der Waals surface area contributed by atoms with Crippen LogP contribution in [0.15, 0.2) is 30.6 Å². The number of rotatable bonds is 3. The summed E-state index contributed by atoms with van der Waals surface area (Å²) >= 11 is 0. The molecular formula is C20H24N6O3. The lowest BCUT2D eigenvalue weighted by atomic mass is 10.2. The number of fused-ring (bicyclic) bond motifs is 1. The Morgan fingerprint density at radius 1 is 0.862 bits per heavy atom. The van der Waals surface area contributed by atoms with Crippen LogP contribution in [0.25, 0.3) is 0 Å². The van der Waals surface area contributed by atoms with Crippen molar-refractivity contribution in [3.8, 4) is 11.5 Å². The maximum Gasteiger partial charge on any atom is 0.321 e. The molecule has 5 rings (SSSR count). The largest absolute Gasteiger partial charge is 0.454 e. The van der Waals surface area contributed by atoms with E-state index in [9.17, 15) is 4.79 Å². The lowest BCUT2D eigenvalue weighted by Crippen LogP contribution is -2.50. The van der Waals surface area contributed by atoms with E-state index >= 15 is 0 Å². The third-order valence-corrected chi connectivity index (χ3v) is 5.58. The van der Waals surface area contributed by atoms with Crippen LogP contribution in [-0.4, -0.2) is 67.0 Å². The fourth-order valence-electron chi connectivity index (χ4n) is 3.94. The zero-order chi connectivity index (χ0) is 19.6. The van der Waals surface area contributed by atoms with Crippen LogP contribution in [0.3, 0.4) is 0 Å². The molecule has 0 aliphatic carbocycles. The van der Waals surface area contributed by atoms with Gasteiger partial charge in [-0.15, -0.1) is 0 Å². The highest BCUT2D eigenvalue weighted by Gasteiger charge is 2.24. The number of carbonyl (C=O) groups is 1. The first-order chi connectivity index (χ1) is 14.3. The number of hydrogen-bond donors (Lipinski definition) is 1. The molecule has 2 aromatic rings. The molecular weight excluding hydrogens is 372 g/mol. The van der Waals surface area contributed by atoms with Crippen LogP contribution < -0.4 is 24.6 Å². The molecule has 1 N–H and O–H groups in total. The smallest absolute Gasteiger partial charge is 0.321 e. The lowest BCUT2D eigenvalue weighted by Gasteiger charge is -2.35. The second-order valence-electron chi connectivity index (χ2n) is 7.40. The van der Waals surface area contributed by atoms with Crippen molar-refractivity contribution in [1.29, 1.82) is 0 Å². The van der Waals surface area contributed by atoms with Gasteiger partial charge in [0.2, 0.25) is 6.79 Å². The highest BCUT2D eigenvalue weighted by Crippen LogP contribution is 2.34.